The second-order valence-electron chi connectivity index (χ2n) is 6.04. The van der Waals surface area contributed by atoms with Crippen LogP contribution in [0.3, 0.4) is 0 Å². The number of phenolic OH excluding ortho intramolecular Hbond substituents is 1. The number of aromatic hydroxyl groups is 1. The van der Waals surface area contributed by atoms with Gasteiger partial charge in [-0.25, -0.2) is 0 Å². The fraction of sp³-hybridized carbons (Fsp3) is 0.0455. The Morgan fingerprint density at radius 3 is 2.23 bits per heavy atom. The number of hydrogen-bond donors (Lipinski definition) is 1. The maximum atomic E-state index is 12.9. The quantitative estimate of drug-likeness (QED) is 0.656. The Morgan fingerprint density at radius 2 is 1.50 bits per heavy atom. The van der Waals surface area contributed by atoms with Gasteiger partial charge in [0.05, 0.1) is 12.2 Å². The van der Waals surface area contributed by atoms with Crippen molar-refractivity contribution in [2.75, 3.05) is 0 Å². The SMILES string of the molecule is O=C1c2ccccc2/C(=C\Sc2ccccc2)N1Cc1ccc(O)cc1. The zero-order chi connectivity index (χ0) is 17.9. The third-order valence-electron chi connectivity index (χ3n) is 4.30. The van der Waals surface area contributed by atoms with E-state index in [1.54, 1.807) is 28.8 Å². The van der Waals surface area contributed by atoms with Gasteiger partial charge in [0.25, 0.3) is 5.91 Å². The number of nitrogens with zero attached hydrogens (tertiary/aromatic N) is 1. The Morgan fingerprint density at radius 1 is 0.846 bits per heavy atom. The van der Waals surface area contributed by atoms with Gasteiger partial charge in [0.15, 0.2) is 0 Å². The fourth-order valence-electron chi connectivity index (χ4n) is 2.98. The molecule has 1 aliphatic rings. The maximum Gasteiger partial charge on any atom is 0.259 e. The summed E-state index contributed by atoms with van der Waals surface area (Å²) in [6.45, 7) is 0.467. The first-order valence-electron chi connectivity index (χ1n) is 8.33. The Kier molecular flexibility index (Phi) is 4.50. The number of rotatable bonds is 4. The van der Waals surface area contributed by atoms with E-state index in [0.717, 1.165) is 27.3 Å². The summed E-state index contributed by atoms with van der Waals surface area (Å²) in [6, 6.07) is 24.8. The lowest BCUT2D eigenvalue weighted by molar-refractivity contribution is 0.0843. The van der Waals surface area contributed by atoms with Crippen LogP contribution in [0.25, 0.3) is 5.70 Å². The van der Waals surface area contributed by atoms with Crippen LogP contribution < -0.4 is 0 Å². The van der Waals surface area contributed by atoms with Crippen LogP contribution in [-0.4, -0.2) is 15.9 Å². The molecule has 3 aromatic rings. The number of hydrogen-bond acceptors (Lipinski definition) is 3. The highest BCUT2D eigenvalue weighted by molar-refractivity contribution is 8.02. The predicted molar refractivity (Wildman–Crippen MR) is 105 cm³/mol. The summed E-state index contributed by atoms with van der Waals surface area (Å²) < 4.78 is 0. The molecule has 1 aliphatic heterocycles. The molecule has 0 spiro atoms. The van der Waals surface area contributed by atoms with E-state index in [4.69, 9.17) is 0 Å². The monoisotopic (exact) mass is 359 g/mol. The van der Waals surface area contributed by atoms with Crippen LogP contribution in [0.15, 0.2) is 89.2 Å². The van der Waals surface area contributed by atoms with E-state index >= 15 is 0 Å². The summed E-state index contributed by atoms with van der Waals surface area (Å²) in [6.07, 6.45) is 0. The lowest BCUT2D eigenvalue weighted by Gasteiger charge is -2.18. The molecule has 26 heavy (non-hydrogen) atoms. The highest BCUT2D eigenvalue weighted by atomic mass is 32.2. The van der Waals surface area contributed by atoms with E-state index in [2.05, 4.69) is 12.1 Å². The summed E-state index contributed by atoms with van der Waals surface area (Å²) in [5, 5.41) is 11.5. The molecule has 0 atom stereocenters. The van der Waals surface area contributed by atoms with Gasteiger partial charge in [0.1, 0.15) is 5.75 Å². The normalized spacial score (nSPS) is 14.7. The molecule has 0 bridgehead atoms. The number of carbonyl (C=O) groups is 1. The van der Waals surface area contributed by atoms with Gasteiger partial charge in [0.2, 0.25) is 0 Å². The average Bonchev–Trinajstić information content (AvgIpc) is 2.95. The van der Waals surface area contributed by atoms with E-state index in [1.165, 1.54) is 0 Å². The van der Waals surface area contributed by atoms with Crippen molar-refractivity contribution in [3.8, 4) is 5.75 Å². The van der Waals surface area contributed by atoms with Crippen LogP contribution in [0.5, 0.6) is 5.75 Å². The summed E-state index contributed by atoms with van der Waals surface area (Å²) in [7, 11) is 0. The first-order chi connectivity index (χ1) is 12.7. The Balaban J connectivity index is 1.68. The van der Waals surface area contributed by atoms with Gasteiger partial charge in [0, 0.05) is 21.4 Å². The van der Waals surface area contributed by atoms with Crippen molar-refractivity contribution < 1.29 is 9.90 Å². The Hall–Kier alpha value is -2.98. The first kappa shape index (κ1) is 16.5. The standard InChI is InChI=1S/C22H17NO2S/c24-17-12-10-16(11-13-17)14-23-21(15-26-18-6-2-1-3-7-18)19-8-4-5-9-20(19)22(23)25/h1-13,15,24H,14H2/b21-15+. The minimum absolute atomic E-state index is 0.00795. The van der Waals surface area contributed by atoms with Crippen molar-refractivity contribution in [1.29, 1.82) is 0 Å². The van der Waals surface area contributed by atoms with E-state index in [-0.39, 0.29) is 11.7 Å². The molecule has 4 rings (SSSR count). The van der Waals surface area contributed by atoms with E-state index in [9.17, 15) is 9.90 Å². The number of fused-ring (bicyclic) bond motifs is 1. The van der Waals surface area contributed by atoms with E-state index in [1.807, 2.05) is 60.0 Å². The Bertz CT molecular complexity index is 965. The second-order valence-corrected chi connectivity index (χ2v) is 6.98. The topological polar surface area (TPSA) is 40.5 Å². The van der Waals surface area contributed by atoms with Crippen molar-refractivity contribution in [1.82, 2.24) is 4.90 Å². The molecule has 0 radical (unpaired) electrons. The molecule has 1 N–H and O–H groups in total. The number of carbonyl (C=O) groups excluding carboxylic acids is 1. The van der Waals surface area contributed by atoms with Gasteiger partial charge in [-0.2, -0.15) is 0 Å². The van der Waals surface area contributed by atoms with Gasteiger partial charge in [-0.3, -0.25) is 4.79 Å². The molecule has 3 nitrogen and oxygen atoms in total. The van der Waals surface area contributed by atoms with Crippen molar-refractivity contribution in [3.05, 3.63) is 101 Å². The molecule has 4 heteroatoms. The third kappa shape index (κ3) is 3.24. The summed E-state index contributed by atoms with van der Waals surface area (Å²) >= 11 is 1.60. The number of thioether (sulfide) groups is 1. The lowest BCUT2D eigenvalue weighted by atomic mass is 10.1. The van der Waals surface area contributed by atoms with Gasteiger partial charge in [-0.1, -0.05) is 60.3 Å². The molecule has 1 heterocycles. The molecule has 0 unspecified atom stereocenters. The zero-order valence-electron chi connectivity index (χ0n) is 14.0. The van der Waals surface area contributed by atoms with E-state index < -0.39 is 0 Å². The minimum atomic E-state index is 0.00795. The minimum Gasteiger partial charge on any atom is -0.508 e. The number of benzene rings is 3. The van der Waals surface area contributed by atoms with Gasteiger partial charge < -0.3 is 10.0 Å². The lowest BCUT2D eigenvalue weighted by Crippen LogP contribution is -2.22. The zero-order valence-corrected chi connectivity index (χ0v) is 14.8. The van der Waals surface area contributed by atoms with Gasteiger partial charge in [-0.05, 0) is 35.9 Å². The van der Waals surface area contributed by atoms with Crippen LogP contribution >= 0.6 is 11.8 Å². The third-order valence-corrected chi connectivity index (χ3v) is 5.18. The second kappa shape index (κ2) is 7.10. The van der Waals surface area contributed by atoms with Gasteiger partial charge >= 0.3 is 0 Å². The van der Waals surface area contributed by atoms with Gasteiger partial charge in [-0.15, -0.1) is 0 Å². The predicted octanol–water partition coefficient (Wildman–Crippen LogP) is 5.14. The molecule has 3 aromatic carbocycles. The van der Waals surface area contributed by atoms with Crippen LogP contribution in [0.1, 0.15) is 21.5 Å². The summed E-state index contributed by atoms with van der Waals surface area (Å²) in [4.78, 5) is 15.8. The van der Waals surface area contributed by atoms with Crippen molar-refractivity contribution >= 4 is 23.4 Å². The highest BCUT2D eigenvalue weighted by Gasteiger charge is 2.31. The first-order valence-corrected chi connectivity index (χ1v) is 9.21. The van der Waals surface area contributed by atoms with Crippen molar-refractivity contribution in [3.63, 3.8) is 0 Å². The molecular formula is C22H17NO2S. The molecule has 128 valence electrons. The largest absolute Gasteiger partial charge is 0.508 e. The molecule has 0 aliphatic carbocycles. The summed E-state index contributed by atoms with van der Waals surface area (Å²) in [5.41, 5.74) is 3.57. The highest BCUT2D eigenvalue weighted by Crippen LogP contribution is 2.36. The smallest absolute Gasteiger partial charge is 0.259 e. The van der Waals surface area contributed by atoms with Crippen molar-refractivity contribution in [2.24, 2.45) is 0 Å². The number of amides is 1. The molecular weight excluding hydrogens is 342 g/mol. The van der Waals surface area contributed by atoms with Crippen LogP contribution in [0.4, 0.5) is 0 Å². The fourth-order valence-corrected chi connectivity index (χ4v) is 3.80. The van der Waals surface area contributed by atoms with Crippen LogP contribution in [0, 0.1) is 0 Å². The maximum absolute atomic E-state index is 12.9. The summed E-state index contributed by atoms with van der Waals surface area (Å²) in [5.74, 6) is 0.230. The molecule has 0 fully saturated rings. The van der Waals surface area contributed by atoms with Crippen molar-refractivity contribution in [2.45, 2.75) is 11.4 Å². The molecule has 0 saturated carbocycles. The molecule has 0 aromatic heterocycles. The number of phenols is 1. The molecule has 1 amide bonds. The van der Waals surface area contributed by atoms with Crippen LogP contribution in [0.2, 0.25) is 0 Å². The van der Waals surface area contributed by atoms with E-state index in [0.29, 0.717) is 6.54 Å². The Labute approximate surface area is 156 Å². The average molecular weight is 359 g/mol. The van der Waals surface area contributed by atoms with Crippen LogP contribution in [-0.2, 0) is 6.54 Å². The molecule has 0 saturated heterocycles.